The minimum absolute atomic E-state index is 0.332. The van der Waals surface area contributed by atoms with Crippen LogP contribution >= 0.6 is 0 Å². The molecule has 0 saturated carbocycles. The van der Waals surface area contributed by atoms with E-state index in [2.05, 4.69) is 0 Å². The first-order chi connectivity index (χ1) is 5.82. The third-order valence-corrected chi connectivity index (χ3v) is 1.42. The van der Waals surface area contributed by atoms with E-state index in [4.69, 9.17) is 10.8 Å². The number of phenols is 1. The quantitative estimate of drug-likeness (QED) is 0.378. The van der Waals surface area contributed by atoms with Crippen molar-refractivity contribution >= 4 is 5.69 Å². The summed E-state index contributed by atoms with van der Waals surface area (Å²) in [6.07, 6.45) is -4.73. The van der Waals surface area contributed by atoms with Gasteiger partial charge in [0.05, 0.1) is 11.3 Å². The lowest BCUT2D eigenvalue weighted by atomic mass is 10.1. The number of anilines is 1. The van der Waals surface area contributed by atoms with Gasteiger partial charge in [0.25, 0.3) is 0 Å². The number of aromatic hydroxyl groups is 1. The van der Waals surface area contributed by atoms with Gasteiger partial charge in [-0.2, -0.15) is 13.2 Å². The van der Waals surface area contributed by atoms with E-state index in [-0.39, 0.29) is 0 Å². The van der Waals surface area contributed by atoms with E-state index in [1.807, 2.05) is 0 Å². The summed E-state index contributed by atoms with van der Waals surface area (Å²) < 4.78 is 48.6. The molecule has 0 aromatic heterocycles. The maximum Gasteiger partial charge on any atom is 0.420 e. The van der Waals surface area contributed by atoms with Crippen LogP contribution in [0.1, 0.15) is 5.56 Å². The number of phenolic OH excluding ortho intramolecular Hbond substituents is 1. The van der Waals surface area contributed by atoms with Crippen molar-refractivity contribution in [1.29, 1.82) is 0 Å². The smallest absolute Gasteiger partial charge is 0.420 e. The highest BCUT2D eigenvalue weighted by molar-refractivity contribution is 5.49. The minimum atomic E-state index is -4.73. The molecule has 72 valence electrons. The molecule has 1 rings (SSSR count). The van der Waals surface area contributed by atoms with E-state index < -0.39 is 29.0 Å². The molecule has 2 nitrogen and oxygen atoms in total. The predicted molar refractivity (Wildman–Crippen MR) is 37.5 cm³/mol. The second kappa shape index (κ2) is 2.79. The van der Waals surface area contributed by atoms with E-state index in [1.54, 1.807) is 0 Å². The fourth-order valence-electron chi connectivity index (χ4n) is 0.807. The summed E-state index contributed by atoms with van der Waals surface area (Å²) in [5.74, 6) is -2.25. The molecule has 0 aliphatic carbocycles. The number of nitrogens with two attached hydrogens (primary N) is 1. The van der Waals surface area contributed by atoms with Gasteiger partial charge in [-0.3, -0.25) is 0 Å². The van der Waals surface area contributed by atoms with Crippen molar-refractivity contribution in [3.05, 3.63) is 23.5 Å². The van der Waals surface area contributed by atoms with Gasteiger partial charge in [0, 0.05) is 6.07 Å². The molecule has 3 N–H and O–H groups in total. The number of benzene rings is 1. The molecule has 0 saturated heterocycles. The fourth-order valence-corrected chi connectivity index (χ4v) is 0.807. The van der Waals surface area contributed by atoms with Crippen LogP contribution in [-0.2, 0) is 6.18 Å². The van der Waals surface area contributed by atoms with Crippen LogP contribution in [0.15, 0.2) is 12.1 Å². The van der Waals surface area contributed by atoms with Gasteiger partial charge in [0.15, 0.2) is 0 Å². The third kappa shape index (κ3) is 1.82. The van der Waals surface area contributed by atoms with E-state index in [0.717, 1.165) is 0 Å². The second-order valence-electron chi connectivity index (χ2n) is 2.39. The second-order valence-corrected chi connectivity index (χ2v) is 2.39. The van der Waals surface area contributed by atoms with Gasteiger partial charge in [0.1, 0.15) is 11.6 Å². The van der Waals surface area contributed by atoms with E-state index >= 15 is 0 Å². The average Bonchev–Trinajstić information content (AvgIpc) is 1.94. The topological polar surface area (TPSA) is 46.2 Å². The van der Waals surface area contributed by atoms with Crippen LogP contribution in [0.25, 0.3) is 0 Å². The van der Waals surface area contributed by atoms with E-state index in [9.17, 15) is 17.6 Å². The lowest BCUT2D eigenvalue weighted by Crippen LogP contribution is -2.07. The Morgan fingerprint density at radius 1 is 1.23 bits per heavy atom. The number of rotatable bonds is 0. The van der Waals surface area contributed by atoms with Crippen molar-refractivity contribution in [3.63, 3.8) is 0 Å². The number of alkyl halides is 3. The van der Waals surface area contributed by atoms with Crippen molar-refractivity contribution in [2.45, 2.75) is 6.18 Å². The fraction of sp³-hybridized carbons (Fsp3) is 0.143. The molecular weight excluding hydrogens is 190 g/mol. The Balaban J connectivity index is 3.32. The van der Waals surface area contributed by atoms with Crippen molar-refractivity contribution in [2.75, 3.05) is 5.73 Å². The zero-order valence-electron chi connectivity index (χ0n) is 6.19. The predicted octanol–water partition coefficient (Wildman–Crippen LogP) is 2.13. The van der Waals surface area contributed by atoms with E-state index in [0.29, 0.717) is 12.1 Å². The van der Waals surface area contributed by atoms with Crippen molar-refractivity contribution < 1.29 is 22.7 Å². The summed E-state index contributed by atoms with van der Waals surface area (Å²) in [5.41, 5.74) is 2.91. The average molecular weight is 195 g/mol. The summed E-state index contributed by atoms with van der Waals surface area (Å²) in [7, 11) is 0. The van der Waals surface area contributed by atoms with Crippen LogP contribution in [0.5, 0.6) is 5.75 Å². The standard InChI is InChI=1S/C7H5F4NO/c8-4-2-6(13)3(1-5(4)12)7(9,10)11/h1-2,13H,12H2. The first kappa shape index (κ1) is 9.63. The van der Waals surface area contributed by atoms with Gasteiger partial charge in [0.2, 0.25) is 0 Å². The highest BCUT2D eigenvalue weighted by atomic mass is 19.4. The first-order valence-electron chi connectivity index (χ1n) is 3.17. The van der Waals surface area contributed by atoms with Crippen LogP contribution in [0.4, 0.5) is 23.2 Å². The molecule has 1 aromatic rings. The highest BCUT2D eigenvalue weighted by Crippen LogP contribution is 2.37. The number of hydrogen-bond acceptors (Lipinski definition) is 2. The van der Waals surface area contributed by atoms with Crippen LogP contribution in [0.2, 0.25) is 0 Å². The molecule has 0 unspecified atom stereocenters. The summed E-state index contributed by atoms with van der Waals surface area (Å²) in [6.45, 7) is 0. The highest BCUT2D eigenvalue weighted by Gasteiger charge is 2.34. The Morgan fingerprint density at radius 2 is 1.77 bits per heavy atom. The Morgan fingerprint density at radius 3 is 2.23 bits per heavy atom. The van der Waals surface area contributed by atoms with Crippen molar-refractivity contribution in [2.24, 2.45) is 0 Å². The van der Waals surface area contributed by atoms with Gasteiger partial charge in [-0.15, -0.1) is 0 Å². The molecule has 0 aliphatic heterocycles. The minimum Gasteiger partial charge on any atom is -0.507 e. The summed E-state index contributed by atoms with van der Waals surface area (Å²) in [4.78, 5) is 0. The van der Waals surface area contributed by atoms with Crippen LogP contribution < -0.4 is 5.73 Å². The van der Waals surface area contributed by atoms with E-state index in [1.165, 1.54) is 0 Å². The van der Waals surface area contributed by atoms with Gasteiger partial charge < -0.3 is 10.8 Å². The molecule has 0 radical (unpaired) electrons. The molecule has 0 atom stereocenters. The molecule has 0 spiro atoms. The van der Waals surface area contributed by atoms with Gasteiger partial charge in [-0.05, 0) is 6.07 Å². The number of nitrogen functional groups attached to an aromatic ring is 1. The molecule has 0 amide bonds. The van der Waals surface area contributed by atoms with Crippen molar-refractivity contribution in [1.82, 2.24) is 0 Å². The molecular formula is C7H5F4NO. The number of halogens is 4. The Kier molecular flexibility index (Phi) is 2.07. The largest absolute Gasteiger partial charge is 0.507 e. The Hall–Kier alpha value is -1.46. The van der Waals surface area contributed by atoms with Crippen LogP contribution in [-0.4, -0.2) is 5.11 Å². The van der Waals surface area contributed by atoms with Crippen molar-refractivity contribution in [3.8, 4) is 5.75 Å². The maximum atomic E-state index is 12.5. The molecule has 0 aliphatic rings. The Labute approximate surface area is 70.6 Å². The molecule has 0 heterocycles. The lowest BCUT2D eigenvalue weighted by molar-refractivity contribution is -0.138. The zero-order valence-corrected chi connectivity index (χ0v) is 6.19. The summed E-state index contributed by atoms with van der Waals surface area (Å²) >= 11 is 0. The normalized spacial score (nSPS) is 11.7. The molecule has 0 bridgehead atoms. The summed E-state index contributed by atoms with van der Waals surface area (Å²) in [5, 5.41) is 8.74. The monoisotopic (exact) mass is 195 g/mol. The molecule has 1 aromatic carbocycles. The first-order valence-corrected chi connectivity index (χ1v) is 3.17. The van der Waals surface area contributed by atoms with Gasteiger partial charge in [-0.25, -0.2) is 4.39 Å². The molecule has 13 heavy (non-hydrogen) atoms. The number of hydrogen-bond donors (Lipinski definition) is 2. The van der Waals surface area contributed by atoms with Crippen LogP contribution in [0.3, 0.4) is 0 Å². The third-order valence-electron chi connectivity index (χ3n) is 1.42. The maximum absolute atomic E-state index is 12.5. The van der Waals surface area contributed by atoms with Gasteiger partial charge in [-0.1, -0.05) is 0 Å². The SMILES string of the molecule is Nc1cc(C(F)(F)F)c(O)cc1F. The Bertz CT molecular complexity index is 334. The van der Waals surface area contributed by atoms with Gasteiger partial charge >= 0.3 is 6.18 Å². The lowest BCUT2D eigenvalue weighted by Gasteiger charge is -2.09. The summed E-state index contributed by atoms with van der Waals surface area (Å²) in [6, 6.07) is 0.683. The zero-order chi connectivity index (χ0) is 10.2. The van der Waals surface area contributed by atoms with Crippen LogP contribution in [0, 0.1) is 5.82 Å². The molecule has 6 heteroatoms. The molecule has 0 fully saturated rings.